The Morgan fingerprint density at radius 3 is 2.30 bits per heavy atom. The molecule has 0 spiro atoms. The van der Waals surface area contributed by atoms with Crippen molar-refractivity contribution in [1.82, 2.24) is 5.32 Å². The summed E-state index contributed by atoms with van der Waals surface area (Å²) in [6.07, 6.45) is 0. The molecule has 5 rings (SSSR count). The minimum atomic E-state index is -0.404. The van der Waals surface area contributed by atoms with Gasteiger partial charge in [-0.15, -0.1) is 0 Å². The number of carbonyl (C=O) groups excluding carboxylic acids is 1. The highest BCUT2D eigenvalue weighted by Gasteiger charge is 2.10. The maximum Gasteiger partial charge on any atom is 0.344 e. The van der Waals surface area contributed by atoms with Gasteiger partial charge < -0.3 is 14.5 Å². The monoisotopic (exact) mass is 506 g/mol. The van der Waals surface area contributed by atoms with Crippen LogP contribution in [0.2, 0.25) is 0 Å². The molecule has 0 bridgehead atoms. The number of hydrogen-bond acceptors (Lipinski definition) is 5. The van der Waals surface area contributed by atoms with Crippen molar-refractivity contribution in [2.75, 3.05) is 5.32 Å². The third-order valence-electron chi connectivity index (χ3n) is 5.69. The van der Waals surface area contributed by atoms with E-state index in [9.17, 15) is 9.59 Å². The van der Waals surface area contributed by atoms with Crippen molar-refractivity contribution in [3.05, 3.63) is 131 Å². The molecule has 2 N–H and O–H groups in total. The highest BCUT2D eigenvalue weighted by molar-refractivity contribution is 7.80. The fourth-order valence-electron chi connectivity index (χ4n) is 3.78. The van der Waals surface area contributed by atoms with E-state index in [2.05, 4.69) is 10.6 Å². The first kappa shape index (κ1) is 24.0. The van der Waals surface area contributed by atoms with Crippen LogP contribution in [0.1, 0.15) is 15.9 Å². The summed E-state index contributed by atoms with van der Waals surface area (Å²) in [6, 6.07) is 33.0. The van der Waals surface area contributed by atoms with Crippen molar-refractivity contribution in [1.29, 1.82) is 0 Å². The Hall–Kier alpha value is -4.75. The van der Waals surface area contributed by atoms with Gasteiger partial charge in [0.25, 0.3) is 5.91 Å². The number of para-hydroxylation sites is 1. The molecule has 7 heteroatoms. The van der Waals surface area contributed by atoms with Gasteiger partial charge in [0.15, 0.2) is 5.11 Å². The van der Waals surface area contributed by atoms with E-state index in [1.165, 1.54) is 0 Å². The first-order valence-corrected chi connectivity index (χ1v) is 12.0. The zero-order valence-electron chi connectivity index (χ0n) is 19.6. The van der Waals surface area contributed by atoms with Gasteiger partial charge in [0.05, 0.1) is 5.56 Å². The van der Waals surface area contributed by atoms with Crippen LogP contribution in [0.5, 0.6) is 5.75 Å². The minimum Gasteiger partial charge on any atom is -0.489 e. The first-order chi connectivity index (χ1) is 18.0. The van der Waals surface area contributed by atoms with Gasteiger partial charge in [-0.2, -0.15) is 0 Å². The second-order valence-corrected chi connectivity index (χ2v) is 8.68. The predicted octanol–water partition coefficient (Wildman–Crippen LogP) is 6.17. The van der Waals surface area contributed by atoms with Crippen LogP contribution in [0, 0.1) is 0 Å². The molecule has 5 aromatic rings. The number of carbonyl (C=O) groups is 1. The van der Waals surface area contributed by atoms with E-state index in [1.807, 2.05) is 54.6 Å². The number of thiocarbonyl (C=S) groups is 1. The molecule has 1 aromatic heterocycles. The highest BCUT2D eigenvalue weighted by Crippen LogP contribution is 2.22. The molecule has 1 amide bonds. The van der Waals surface area contributed by atoms with Crippen LogP contribution in [-0.4, -0.2) is 11.0 Å². The number of nitrogens with one attached hydrogen (secondary N) is 2. The second kappa shape index (κ2) is 10.9. The van der Waals surface area contributed by atoms with E-state index >= 15 is 0 Å². The zero-order chi connectivity index (χ0) is 25.6. The van der Waals surface area contributed by atoms with Crippen LogP contribution in [0.4, 0.5) is 5.69 Å². The molecule has 1 heterocycles. The lowest BCUT2D eigenvalue weighted by molar-refractivity contribution is 0.0977. The molecule has 6 nitrogen and oxygen atoms in total. The maximum atomic E-state index is 12.6. The van der Waals surface area contributed by atoms with E-state index in [4.69, 9.17) is 21.4 Å². The SMILES string of the molecule is O=C(NC(=S)Nc1ccc(-c2cc3ccccc3oc2=O)cc1)c1ccc(OCc2ccccc2)cc1. The number of ether oxygens (including phenoxy) is 1. The van der Waals surface area contributed by atoms with Gasteiger partial charge in [-0.3, -0.25) is 10.1 Å². The Balaban J connectivity index is 1.17. The molecule has 0 saturated carbocycles. The Labute approximate surface area is 218 Å². The van der Waals surface area contributed by atoms with E-state index < -0.39 is 5.63 Å². The Morgan fingerprint density at radius 1 is 0.838 bits per heavy atom. The van der Waals surface area contributed by atoms with E-state index in [0.29, 0.717) is 34.8 Å². The fourth-order valence-corrected chi connectivity index (χ4v) is 3.99. The van der Waals surface area contributed by atoms with Crippen molar-refractivity contribution < 1.29 is 13.9 Å². The van der Waals surface area contributed by atoms with Crippen molar-refractivity contribution in [2.45, 2.75) is 6.61 Å². The predicted molar refractivity (Wildman–Crippen MR) is 149 cm³/mol. The second-order valence-electron chi connectivity index (χ2n) is 8.27. The molecule has 0 aliphatic rings. The number of rotatable bonds is 6. The largest absolute Gasteiger partial charge is 0.489 e. The van der Waals surface area contributed by atoms with Gasteiger partial charge in [0.2, 0.25) is 0 Å². The van der Waals surface area contributed by atoms with Gasteiger partial charge >= 0.3 is 5.63 Å². The Kier molecular flexibility index (Phi) is 7.05. The molecular formula is C30H22N2O4S. The average molecular weight is 507 g/mol. The molecule has 37 heavy (non-hydrogen) atoms. The third kappa shape index (κ3) is 5.91. The minimum absolute atomic E-state index is 0.160. The third-order valence-corrected chi connectivity index (χ3v) is 5.89. The lowest BCUT2D eigenvalue weighted by Gasteiger charge is -2.11. The summed E-state index contributed by atoms with van der Waals surface area (Å²) < 4.78 is 11.2. The van der Waals surface area contributed by atoms with Gasteiger partial charge in [-0.25, -0.2) is 4.79 Å². The number of anilines is 1. The summed E-state index contributed by atoms with van der Waals surface area (Å²) in [5.41, 5.74) is 3.52. The summed E-state index contributed by atoms with van der Waals surface area (Å²) in [4.78, 5) is 25.0. The zero-order valence-corrected chi connectivity index (χ0v) is 20.5. The number of hydrogen-bond donors (Lipinski definition) is 2. The lowest BCUT2D eigenvalue weighted by Crippen LogP contribution is -2.34. The Bertz CT molecular complexity index is 1610. The molecule has 182 valence electrons. The summed E-state index contributed by atoms with van der Waals surface area (Å²) in [6.45, 7) is 0.449. The van der Waals surface area contributed by atoms with E-state index in [0.717, 1.165) is 16.5 Å². The molecule has 0 atom stereocenters. The van der Waals surface area contributed by atoms with Crippen LogP contribution in [-0.2, 0) is 6.61 Å². The van der Waals surface area contributed by atoms with Crippen LogP contribution < -0.4 is 21.0 Å². The van der Waals surface area contributed by atoms with Crippen LogP contribution in [0.15, 0.2) is 118 Å². The average Bonchev–Trinajstić information content (AvgIpc) is 2.93. The molecule has 0 radical (unpaired) electrons. The summed E-state index contributed by atoms with van der Waals surface area (Å²) in [5.74, 6) is 0.333. The quantitative estimate of drug-likeness (QED) is 0.212. The van der Waals surface area contributed by atoms with Crippen LogP contribution in [0.25, 0.3) is 22.1 Å². The summed E-state index contributed by atoms with van der Waals surface area (Å²) in [5, 5.41) is 6.67. The summed E-state index contributed by atoms with van der Waals surface area (Å²) in [7, 11) is 0. The molecular weight excluding hydrogens is 484 g/mol. The molecule has 0 fully saturated rings. The standard InChI is InChI=1S/C30H22N2O4S/c33-28(22-12-16-25(17-13-22)35-19-20-6-2-1-3-7-20)32-30(37)31-24-14-10-21(11-15-24)26-18-23-8-4-5-9-27(23)36-29(26)34/h1-18H,19H2,(H2,31,32,33,37). The molecule has 0 saturated heterocycles. The van der Waals surface area contributed by atoms with Gasteiger partial charge in [-0.05, 0) is 71.9 Å². The van der Waals surface area contributed by atoms with Crippen molar-refractivity contribution in [2.24, 2.45) is 0 Å². The molecule has 0 aliphatic heterocycles. The highest BCUT2D eigenvalue weighted by atomic mass is 32.1. The number of amides is 1. The van der Waals surface area contributed by atoms with E-state index in [-0.39, 0.29) is 11.0 Å². The first-order valence-electron chi connectivity index (χ1n) is 11.6. The van der Waals surface area contributed by atoms with E-state index in [1.54, 1.807) is 54.6 Å². The smallest absolute Gasteiger partial charge is 0.344 e. The van der Waals surface area contributed by atoms with Crippen LogP contribution >= 0.6 is 12.2 Å². The normalized spacial score (nSPS) is 10.6. The fraction of sp³-hybridized carbons (Fsp3) is 0.0333. The van der Waals surface area contributed by atoms with Gasteiger partial charge in [0.1, 0.15) is 17.9 Å². The molecule has 4 aromatic carbocycles. The van der Waals surface area contributed by atoms with Gasteiger partial charge in [-0.1, -0.05) is 60.7 Å². The van der Waals surface area contributed by atoms with Crippen LogP contribution in [0.3, 0.4) is 0 Å². The van der Waals surface area contributed by atoms with Crippen molar-refractivity contribution in [3.63, 3.8) is 0 Å². The van der Waals surface area contributed by atoms with Gasteiger partial charge in [0, 0.05) is 16.6 Å². The van der Waals surface area contributed by atoms with Crippen molar-refractivity contribution >= 4 is 39.9 Å². The number of benzene rings is 4. The van der Waals surface area contributed by atoms with Crippen molar-refractivity contribution in [3.8, 4) is 16.9 Å². The Morgan fingerprint density at radius 2 is 1.54 bits per heavy atom. The maximum absolute atomic E-state index is 12.6. The lowest BCUT2D eigenvalue weighted by atomic mass is 10.1. The molecule has 0 aliphatic carbocycles. The topological polar surface area (TPSA) is 80.6 Å². The number of fused-ring (bicyclic) bond motifs is 1. The summed E-state index contributed by atoms with van der Waals surface area (Å²) >= 11 is 5.30. The molecule has 0 unspecified atom stereocenters.